The minimum Gasteiger partial charge on any atom is -0.370 e. The van der Waals surface area contributed by atoms with Gasteiger partial charge in [0.1, 0.15) is 0 Å². The molecule has 0 spiro atoms. The monoisotopic (exact) mass is 219 g/mol. The van der Waals surface area contributed by atoms with E-state index in [0.717, 1.165) is 13.1 Å². The lowest BCUT2D eigenvalue weighted by atomic mass is 10.2. The van der Waals surface area contributed by atoms with E-state index in [4.69, 9.17) is 5.73 Å². The van der Waals surface area contributed by atoms with Gasteiger partial charge >= 0.3 is 0 Å². The lowest BCUT2D eigenvalue weighted by molar-refractivity contribution is 0.489. The largest absolute Gasteiger partial charge is 0.370 e. The molecule has 3 nitrogen and oxygen atoms in total. The zero-order valence-electron chi connectivity index (χ0n) is 10.4. The molecule has 0 saturated carbocycles. The number of benzene rings is 1. The quantitative estimate of drug-likeness (QED) is 0.622. The van der Waals surface area contributed by atoms with Crippen molar-refractivity contribution in [2.24, 2.45) is 16.6 Å². The summed E-state index contributed by atoms with van der Waals surface area (Å²) in [5, 5.41) is 0. The van der Waals surface area contributed by atoms with E-state index in [0.29, 0.717) is 11.9 Å². The highest BCUT2D eigenvalue weighted by Crippen LogP contribution is 2.02. The third kappa shape index (κ3) is 4.34. The minimum atomic E-state index is 0.545. The Morgan fingerprint density at radius 1 is 1.31 bits per heavy atom. The molecule has 0 aliphatic heterocycles. The van der Waals surface area contributed by atoms with E-state index in [1.807, 2.05) is 30.1 Å². The zero-order valence-corrected chi connectivity index (χ0v) is 10.4. The molecule has 0 bridgehead atoms. The van der Waals surface area contributed by atoms with E-state index in [1.165, 1.54) is 5.56 Å². The summed E-state index contributed by atoms with van der Waals surface area (Å²) in [6, 6.07) is 10.3. The third-order valence-electron chi connectivity index (χ3n) is 2.27. The van der Waals surface area contributed by atoms with Crippen molar-refractivity contribution in [1.82, 2.24) is 4.90 Å². The van der Waals surface area contributed by atoms with Gasteiger partial charge in [0.2, 0.25) is 0 Å². The average molecular weight is 219 g/mol. The molecule has 1 aromatic carbocycles. The van der Waals surface area contributed by atoms with Crippen LogP contribution >= 0.6 is 0 Å². The summed E-state index contributed by atoms with van der Waals surface area (Å²) in [7, 11) is 1.96. The number of nitrogens with zero attached hydrogens (tertiary/aromatic N) is 2. The highest BCUT2D eigenvalue weighted by molar-refractivity contribution is 5.77. The Labute approximate surface area is 98.0 Å². The molecule has 16 heavy (non-hydrogen) atoms. The van der Waals surface area contributed by atoms with E-state index >= 15 is 0 Å². The van der Waals surface area contributed by atoms with Gasteiger partial charge in [-0.3, -0.25) is 4.99 Å². The molecule has 0 saturated heterocycles. The second-order valence-corrected chi connectivity index (χ2v) is 4.43. The first kappa shape index (κ1) is 12.6. The van der Waals surface area contributed by atoms with Crippen molar-refractivity contribution in [3.05, 3.63) is 35.9 Å². The van der Waals surface area contributed by atoms with Crippen molar-refractivity contribution >= 4 is 5.96 Å². The summed E-state index contributed by atoms with van der Waals surface area (Å²) in [4.78, 5) is 6.31. The van der Waals surface area contributed by atoms with Crippen LogP contribution in [0.1, 0.15) is 19.4 Å². The molecule has 0 atom stereocenters. The molecule has 3 heteroatoms. The SMILES string of the molecule is CC(C)CN=C(N)N(C)Cc1ccccc1. The van der Waals surface area contributed by atoms with Crippen LogP contribution in [-0.2, 0) is 6.54 Å². The van der Waals surface area contributed by atoms with Crippen molar-refractivity contribution in [1.29, 1.82) is 0 Å². The molecule has 2 N–H and O–H groups in total. The second-order valence-electron chi connectivity index (χ2n) is 4.43. The molecule has 0 aliphatic carbocycles. The number of hydrogen-bond acceptors (Lipinski definition) is 1. The van der Waals surface area contributed by atoms with Gasteiger partial charge in [-0.2, -0.15) is 0 Å². The van der Waals surface area contributed by atoms with Gasteiger partial charge in [0.15, 0.2) is 5.96 Å². The molecule has 0 aromatic heterocycles. The van der Waals surface area contributed by atoms with Gasteiger partial charge in [-0.1, -0.05) is 44.2 Å². The molecule has 0 unspecified atom stereocenters. The van der Waals surface area contributed by atoms with Gasteiger partial charge in [0, 0.05) is 20.1 Å². The van der Waals surface area contributed by atoms with Crippen LogP contribution in [0.15, 0.2) is 35.3 Å². The van der Waals surface area contributed by atoms with Gasteiger partial charge in [0.05, 0.1) is 0 Å². The number of guanidine groups is 1. The Hall–Kier alpha value is -1.51. The van der Waals surface area contributed by atoms with Crippen molar-refractivity contribution in [3.8, 4) is 0 Å². The summed E-state index contributed by atoms with van der Waals surface area (Å²) in [5.41, 5.74) is 7.13. The fourth-order valence-electron chi connectivity index (χ4n) is 1.34. The highest BCUT2D eigenvalue weighted by Gasteiger charge is 2.02. The standard InChI is InChI=1S/C13H21N3/c1-11(2)9-15-13(14)16(3)10-12-7-5-4-6-8-12/h4-8,11H,9-10H2,1-3H3,(H2,14,15). The summed E-state index contributed by atoms with van der Waals surface area (Å²) in [5.74, 6) is 1.15. The molecule has 0 heterocycles. The first-order valence-corrected chi connectivity index (χ1v) is 5.64. The van der Waals surface area contributed by atoms with Crippen molar-refractivity contribution in [2.75, 3.05) is 13.6 Å². The third-order valence-corrected chi connectivity index (χ3v) is 2.27. The molecule has 1 aromatic rings. The topological polar surface area (TPSA) is 41.6 Å². The Balaban J connectivity index is 2.52. The van der Waals surface area contributed by atoms with Crippen LogP contribution in [0.2, 0.25) is 0 Å². The van der Waals surface area contributed by atoms with Gasteiger partial charge < -0.3 is 10.6 Å². The summed E-state index contributed by atoms with van der Waals surface area (Å²) >= 11 is 0. The van der Waals surface area contributed by atoms with E-state index in [2.05, 4.69) is 31.0 Å². The fraction of sp³-hybridized carbons (Fsp3) is 0.462. The summed E-state index contributed by atoms with van der Waals surface area (Å²) in [6.45, 7) is 5.85. The predicted molar refractivity (Wildman–Crippen MR) is 69.2 cm³/mol. The fourth-order valence-corrected chi connectivity index (χ4v) is 1.34. The van der Waals surface area contributed by atoms with Gasteiger partial charge in [-0.15, -0.1) is 0 Å². The molecule has 0 radical (unpaired) electrons. The van der Waals surface area contributed by atoms with Crippen LogP contribution in [-0.4, -0.2) is 24.5 Å². The van der Waals surface area contributed by atoms with Crippen LogP contribution in [0, 0.1) is 5.92 Å². The van der Waals surface area contributed by atoms with Crippen molar-refractivity contribution in [2.45, 2.75) is 20.4 Å². The van der Waals surface area contributed by atoms with E-state index < -0.39 is 0 Å². The second kappa shape index (κ2) is 6.16. The van der Waals surface area contributed by atoms with Crippen LogP contribution in [0.4, 0.5) is 0 Å². The Morgan fingerprint density at radius 2 is 1.94 bits per heavy atom. The van der Waals surface area contributed by atoms with Crippen molar-refractivity contribution in [3.63, 3.8) is 0 Å². The smallest absolute Gasteiger partial charge is 0.191 e. The van der Waals surface area contributed by atoms with Gasteiger partial charge in [-0.25, -0.2) is 0 Å². The van der Waals surface area contributed by atoms with Gasteiger partial charge in [0.25, 0.3) is 0 Å². The van der Waals surface area contributed by atoms with Crippen molar-refractivity contribution < 1.29 is 0 Å². The number of nitrogens with two attached hydrogens (primary N) is 1. The van der Waals surface area contributed by atoms with E-state index in [-0.39, 0.29) is 0 Å². The number of aliphatic imine (C=N–C) groups is 1. The first-order chi connectivity index (χ1) is 7.59. The normalized spacial score (nSPS) is 11.9. The van der Waals surface area contributed by atoms with Crippen LogP contribution in [0.5, 0.6) is 0 Å². The summed E-state index contributed by atoms with van der Waals surface area (Å²) < 4.78 is 0. The van der Waals surface area contributed by atoms with Gasteiger partial charge in [-0.05, 0) is 11.5 Å². The molecule has 0 fully saturated rings. The zero-order chi connectivity index (χ0) is 12.0. The molecule has 1 rings (SSSR count). The van der Waals surface area contributed by atoms with E-state index in [9.17, 15) is 0 Å². The average Bonchev–Trinajstić information content (AvgIpc) is 2.27. The van der Waals surface area contributed by atoms with E-state index in [1.54, 1.807) is 0 Å². The maximum absolute atomic E-state index is 5.89. The maximum Gasteiger partial charge on any atom is 0.191 e. The van der Waals surface area contributed by atoms with Crippen LogP contribution < -0.4 is 5.73 Å². The molecule has 0 aliphatic rings. The maximum atomic E-state index is 5.89. The minimum absolute atomic E-state index is 0.545. The summed E-state index contributed by atoms with van der Waals surface area (Å²) in [6.07, 6.45) is 0. The predicted octanol–water partition coefficient (Wildman–Crippen LogP) is 2.09. The molecular formula is C13H21N3. The van der Waals surface area contributed by atoms with Crippen LogP contribution in [0.3, 0.4) is 0 Å². The molecule has 0 amide bonds. The Morgan fingerprint density at radius 3 is 2.50 bits per heavy atom. The van der Waals surface area contributed by atoms with Crippen LogP contribution in [0.25, 0.3) is 0 Å². The molecular weight excluding hydrogens is 198 g/mol. The first-order valence-electron chi connectivity index (χ1n) is 5.64. The number of hydrogen-bond donors (Lipinski definition) is 1. The Bertz CT molecular complexity index is 330. The lowest BCUT2D eigenvalue weighted by Gasteiger charge is -2.18. The number of rotatable bonds is 4. The molecule has 88 valence electrons. The Kier molecular flexibility index (Phi) is 4.83. The lowest BCUT2D eigenvalue weighted by Crippen LogP contribution is -2.33. The highest BCUT2D eigenvalue weighted by atomic mass is 15.2.